The summed E-state index contributed by atoms with van der Waals surface area (Å²) in [7, 11) is 0. The van der Waals surface area contributed by atoms with Crippen LogP contribution in [0.15, 0.2) is 35.7 Å². The van der Waals surface area contributed by atoms with E-state index in [0.29, 0.717) is 16.7 Å². The Morgan fingerprint density at radius 3 is 2.80 bits per heavy atom. The number of carboxylic acids is 1. The second kappa shape index (κ2) is 6.49. The fourth-order valence-corrected chi connectivity index (χ4v) is 2.53. The smallest absolute Gasteiger partial charge is 0.326 e. The monoisotopic (exact) mass is 291 g/mol. The highest BCUT2D eigenvalue weighted by atomic mass is 32.1. The summed E-state index contributed by atoms with van der Waals surface area (Å²) in [5.74, 6) is -0.726. The summed E-state index contributed by atoms with van der Waals surface area (Å²) >= 11 is 1.37. The van der Waals surface area contributed by atoms with Crippen LogP contribution in [-0.4, -0.2) is 22.6 Å². The maximum Gasteiger partial charge on any atom is 0.326 e. The van der Waals surface area contributed by atoms with E-state index < -0.39 is 12.0 Å². The molecule has 2 unspecified atom stereocenters. The van der Waals surface area contributed by atoms with Crippen LogP contribution in [0.3, 0.4) is 0 Å². The van der Waals surface area contributed by atoms with Crippen molar-refractivity contribution in [3.63, 3.8) is 0 Å². The molecular weight excluding hydrogens is 274 g/mol. The van der Waals surface area contributed by atoms with Gasteiger partial charge in [-0.25, -0.2) is 4.98 Å². The fraction of sp³-hybridized carbons (Fsp3) is 0.286. The molecule has 0 aliphatic carbocycles. The highest BCUT2D eigenvalue weighted by Crippen LogP contribution is 2.21. The molecule has 0 fully saturated rings. The van der Waals surface area contributed by atoms with E-state index >= 15 is 0 Å². The zero-order valence-corrected chi connectivity index (χ0v) is 11.9. The molecule has 4 N–H and O–H groups in total. The molecule has 20 heavy (non-hydrogen) atoms. The van der Waals surface area contributed by atoms with E-state index in [4.69, 9.17) is 10.8 Å². The van der Waals surface area contributed by atoms with Crippen molar-refractivity contribution < 1.29 is 9.90 Å². The molecule has 0 saturated heterocycles. The summed E-state index contributed by atoms with van der Waals surface area (Å²) in [6, 6.07) is 9.12. The van der Waals surface area contributed by atoms with Crippen LogP contribution in [0.1, 0.15) is 30.1 Å². The third-order valence-corrected chi connectivity index (χ3v) is 3.85. The van der Waals surface area contributed by atoms with E-state index in [2.05, 4.69) is 29.4 Å². The van der Waals surface area contributed by atoms with Crippen molar-refractivity contribution in [2.24, 2.45) is 5.73 Å². The molecule has 0 bridgehead atoms. The number of nitrogens with two attached hydrogens (primary N) is 1. The highest BCUT2D eigenvalue weighted by molar-refractivity contribution is 7.13. The minimum atomic E-state index is -1.07. The molecule has 6 heteroatoms. The first-order valence-electron chi connectivity index (χ1n) is 6.30. The van der Waals surface area contributed by atoms with Crippen LogP contribution >= 0.6 is 11.3 Å². The van der Waals surface area contributed by atoms with Crippen LogP contribution in [-0.2, 0) is 4.79 Å². The van der Waals surface area contributed by atoms with Crippen LogP contribution in [0.4, 0.5) is 5.13 Å². The van der Waals surface area contributed by atoms with Crippen LogP contribution in [0.5, 0.6) is 0 Å². The van der Waals surface area contributed by atoms with Gasteiger partial charge < -0.3 is 16.2 Å². The highest BCUT2D eigenvalue weighted by Gasteiger charge is 2.17. The maximum atomic E-state index is 10.8. The number of thiazole rings is 1. The number of carbonyl (C=O) groups is 1. The molecule has 5 nitrogen and oxygen atoms in total. The third-order valence-electron chi connectivity index (χ3n) is 3.03. The van der Waals surface area contributed by atoms with Gasteiger partial charge in [0.05, 0.1) is 5.69 Å². The minimum absolute atomic E-state index is 0.344. The number of nitrogens with zero attached hydrogens (tertiary/aromatic N) is 1. The van der Waals surface area contributed by atoms with Crippen molar-refractivity contribution >= 4 is 22.4 Å². The van der Waals surface area contributed by atoms with Gasteiger partial charge in [0.1, 0.15) is 6.04 Å². The molecule has 1 aromatic carbocycles. The quantitative estimate of drug-likeness (QED) is 0.760. The standard InChI is InChI=1S/C14H17N3O2S/c1-9(10-5-3-2-4-6-10)7-16-14-17-11(8-20-14)12(15)13(18)19/h2-6,8-9,12H,7,15H2,1H3,(H,16,17)(H,18,19). The van der Waals surface area contributed by atoms with Crippen molar-refractivity contribution in [1.29, 1.82) is 0 Å². The summed E-state index contributed by atoms with van der Waals surface area (Å²) in [5, 5.41) is 14.4. The molecule has 0 saturated carbocycles. The Balaban J connectivity index is 1.93. The van der Waals surface area contributed by atoms with Crippen LogP contribution < -0.4 is 11.1 Å². The minimum Gasteiger partial charge on any atom is -0.480 e. The number of anilines is 1. The molecule has 2 aromatic rings. The number of rotatable bonds is 6. The zero-order chi connectivity index (χ0) is 14.5. The zero-order valence-electron chi connectivity index (χ0n) is 11.1. The van der Waals surface area contributed by atoms with Crippen molar-refractivity contribution in [3.8, 4) is 0 Å². The second-order valence-electron chi connectivity index (χ2n) is 4.59. The number of nitrogens with one attached hydrogen (secondary N) is 1. The van der Waals surface area contributed by atoms with E-state index in [1.807, 2.05) is 18.2 Å². The molecule has 1 aromatic heterocycles. The lowest BCUT2D eigenvalue weighted by Crippen LogP contribution is -2.21. The first-order chi connectivity index (χ1) is 9.58. The van der Waals surface area contributed by atoms with Gasteiger partial charge in [-0.15, -0.1) is 11.3 Å². The van der Waals surface area contributed by atoms with Gasteiger partial charge in [0.15, 0.2) is 5.13 Å². The summed E-state index contributed by atoms with van der Waals surface area (Å²) in [6.45, 7) is 2.86. The molecule has 0 aliphatic heterocycles. The molecule has 0 radical (unpaired) electrons. The number of aromatic nitrogens is 1. The summed E-state index contributed by atoms with van der Waals surface area (Å²) < 4.78 is 0. The van der Waals surface area contributed by atoms with Crippen molar-refractivity contribution in [1.82, 2.24) is 4.98 Å². The Kier molecular flexibility index (Phi) is 4.70. The van der Waals surface area contributed by atoms with Gasteiger partial charge in [-0.3, -0.25) is 4.79 Å². The van der Waals surface area contributed by atoms with E-state index in [1.54, 1.807) is 5.38 Å². The summed E-state index contributed by atoms with van der Waals surface area (Å²) in [6.07, 6.45) is 0. The Morgan fingerprint density at radius 2 is 2.15 bits per heavy atom. The molecule has 0 amide bonds. The molecule has 106 valence electrons. The van der Waals surface area contributed by atoms with Gasteiger partial charge in [0.25, 0.3) is 0 Å². The lowest BCUT2D eigenvalue weighted by Gasteiger charge is -2.12. The van der Waals surface area contributed by atoms with Gasteiger partial charge in [0, 0.05) is 11.9 Å². The molecule has 1 heterocycles. The number of benzene rings is 1. The van der Waals surface area contributed by atoms with Crippen LogP contribution in [0, 0.1) is 0 Å². The van der Waals surface area contributed by atoms with Gasteiger partial charge in [-0.2, -0.15) is 0 Å². The van der Waals surface area contributed by atoms with Crippen molar-refractivity contribution in [2.45, 2.75) is 18.9 Å². The molecule has 2 atom stereocenters. The number of hydrogen-bond donors (Lipinski definition) is 3. The largest absolute Gasteiger partial charge is 0.480 e. The van der Waals surface area contributed by atoms with Gasteiger partial charge in [-0.05, 0) is 11.5 Å². The number of aliphatic carboxylic acids is 1. The normalized spacial score (nSPS) is 13.7. The third kappa shape index (κ3) is 3.55. The second-order valence-corrected chi connectivity index (χ2v) is 5.44. The molecule has 0 aliphatic rings. The summed E-state index contributed by atoms with van der Waals surface area (Å²) in [5.41, 5.74) is 7.15. The lowest BCUT2D eigenvalue weighted by atomic mass is 10.0. The average Bonchev–Trinajstić information content (AvgIpc) is 2.93. The lowest BCUT2D eigenvalue weighted by molar-refractivity contribution is -0.138. The van der Waals surface area contributed by atoms with E-state index in [-0.39, 0.29) is 0 Å². The van der Waals surface area contributed by atoms with E-state index in [0.717, 1.165) is 6.54 Å². The Bertz CT molecular complexity index is 571. The van der Waals surface area contributed by atoms with Gasteiger partial charge in [-0.1, -0.05) is 37.3 Å². The van der Waals surface area contributed by atoms with Gasteiger partial charge in [0.2, 0.25) is 0 Å². The molecular formula is C14H17N3O2S. The Hall–Kier alpha value is -1.92. The SMILES string of the molecule is CC(CNc1nc(C(N)C(=O)O)cs1)c1ccccc1. The van der Waals surface area contributed by atoms with Crippen LogP contribution in [0.25, 0.3) is 0 Å². The first kappa shape index (κ1) is 14.5. The summed E-state index contributed by atoms with van der Waals surface area (Å²) in [4.78, 5) is 15.0. The molecule has 2 rings (SSSR count). The predicted octanol–water partition coefficient (Wildman–Crippen LogP) is 2.44. The van der Waals surface area contributed by atoms with Crippen LogP contribution in [0.2, 0.25) is 0 Å². The van der Waals surface area contributed by atoms with Crippen molar-refractivity contribution in [3.05, 3.63) is 47.0 Å². The Labute approximate surface area is 121 Å². The number of hydrogen-bond acceptors (Lipinski definition) is 5. The van der Waals surface area contributed by atoms with E-state index in [9.17, 15) is 4.79 Å². The van der Waals surface area contributed by atoms with Crippen molar-refractivity contribution in [2.75, 3.05) is 11.9 Å². The Morgan fingerprint density at radius 1 is 1.45 bits per heavy atom. The molecule has 0 spiro atoms. The fourth-order valence-electron chi connectivity index (χ4n) is 1.78. The predicted molar refractivity (Wildman–Crippen MR) is 80.0 cm³/mol. The average molecular weight is 291 g/mol. The maximum absolute atomic E-state index is 10.8. The van der Waals surface area contributed by atoms with E-state index in [1.165, 1.54) is 16.9 Å². The topological polar surface area (TPSA) is 88.2 Å². The van der Waals surface area contributed by atoms with Gasteiger partial charge >= 0.3 is 5.97 Å². The number of carboxylic acid groups (broad SMARTS) is 1. The first-order valence-corrected chi connectivity index (χ1v) is 7.18.